The van der Waals surface area contributed by atoms with Gasteiger partial charge in [0.2, 0.25) is 11.8 Å². The summed E-state index contributed by atoms with van der Waals surface area (Å²) in [5.74, 6) is 1.17. The first-order valence-electron chi connectivity index (χ1n) is 12.2. The summed E-state index contributed by atoms with van der Waals surface area (Å²) >= 11 is 5.41. The molecule has 1 atom stereocenters. The van der Waals surface area contributed by atoms with E-state index in [1.165, 1.54) is 6.92 Å². The fourth-order valence-electron chi connectivity index (χ4n) is 4.33. The largest absolute Gasteiger partial charge is 1.00 e. The maximum atomic E-state index is 11.4. The van der Waals surface area contributed by atoms with Gasteiger partial charge in [-0.05, 0) is 68.1 Å². The van der Waals surface area contributed by atoms with Crippen LogP contribution in [0.2, 0.25) is 0 Å². The molecule has 0 amide bonds. The first kappa shape index (κ1) is 30.0. The fourth-order valence-corrected chi connectivity index (χ4v) is 5.03. The number of aryl methyl sites for hydroxylation is 1. The third kappa shape index (κ3) is 6.17. The van der Waals surface area contributed by atoms with Gasteiger partial charge in [0.15, 0.2) is 10.4 Å². The van der Waals surface area contributed by atoms with Crippen LogP contribution in [0.4, 0.5) is 0 Å². The van der Waals surface area contributed by atoms with E-state index >= 15 is 0 Å². The van der Waals surface area contributed by atoms with Gasteiger partial charge in [0.1, 0.15) is 22.8 Å². The molecule has 2 N–H and O–H groups in total. The summed E-state index contributed by atoms with van der Waals surface area (Å²) in [6.45, 7) is 3.77. The number of hydrogen-bond donors (Lipinski definition) is 2. The molecule has 3 heterocycles. The second-order valence-corrected chi connectivity index (χ2v) is 11.1. The van der Waals surface area contributed by atoms with Crippen LogP contribution in [0.3, 0.4) is 0 Å². The SMILES string of the molecule is CCOc1ccnc(-n2c(C=Cc3nc4c(CCC(C)S(=O)(=O)[O-])cc5ccccc5c4o3)c(O)[nH]c2=S)c1.[Na+]. The molecule has 3 aromatic heterocycles. The Hall–Kier alpha value is -3.00. The molecule has 0 aliphatic carbocycles. The summed E-state index contributed by atoms with van der Waals surface area (Å²) in [5, 5.41) is 11.3. The number of pyridine rings is 1. The average molecular weight is 589 g/mol. The zero-order valence-electron chi connectivity index (χ0n) is 22.1. The van der Waals surface area contributed by atoms with Crippen molar-refractivity contribution in [1.29, 1.82) is 0 Å². The Morgan fingerprint density at radius 1 is 1.25 bits per heavy atom. The molecule has 0 aliphatic heterocycles. The molecular formula is C27H25N4NaO6S2. The van der Waals surface area contributed by atoms with E-state index in [2.05, 4.69) is 15.0 Å². The Labute approximate surface area is 257 Å². The van der Waals surface area contributed by atoms with Crippen LogP contribution in [0.25, 0.3) is 39.8 Å². The number of nitrogens with zero attached hydrogens (tertiary/aromatic N) is 3. The third-order valence-corrected chi connectivity index (χ3v) is 7.85. The van der Waals surface area contributed by atoms with Crippen LogP contribution >= 0.6 is 12.2 Å². The molecular weight excluding hydrogens is 563 g/mol. The number of oxazole rings is 1. The van der Waals surface area contributed by atoms with Crippen molar-refractivity contribution in [3.8, 4) is 17.4 Å². The number of imidazole rings is 1. The average Bonchev–Trinajstić information content (AvgIpc) is 3.45. The molecule has 0 aliphatic rings. The first-order valence-corrected chi connectivity index (χ1v) is 14.1. The monoisotopic (exact) mass is 588 g/mol. The van der Waals surface area contributed by atoms with Crippen LogP contribution in [0.1, 0.15) is 37.4 Å². The van der Waals surface area contributed by atoms with E-state index in [1.54, 1.807) is 35.0 Å². The fraction of sp³-hybridized carbons (Fsp3) is 0.222. The van der Waals surface area contributed by atoms with Crippen LogP contribution in [-0.2, 0) is 16.5 Å². The van der Waals surface area contributed by atoms with Crippen LogP contribution in [0.5, 0.6) is 11.6 Å². The van der Waals surface area contributed by atoms with Gasteiger partial charge in [-0.1, -0.05) is 24.3 Å². The van der Waals surface area contributed by atoms with Crippen molar-refractivity contribution in [2.24, 2.45) is 0 Å². The van der Waals surface area contributed by atoms with Crippen molar-refractivity contribution in [2.45, 2.75) is 31.9 Å². The van der Waals surface area contributed by atoms with E-state index in [0.29, 0.717) is 41.4 Å². The standard InChI is InChI=1S/C27H26N4O6S2.Na/c1-3-36-19-12-13-28-22(15-19)31-21(26(32)30-27(31)38)10-11-23-29-24-18(9-8-16(2)39(33,34)35)14-17-6-4-5-7-20(17)25(24)37-23;/h4-7,10-16,32H,3,8-9H2,1-2H3,(H,30,38)(H,33,34,35);/q;+1/p-1. The van der Waals surface area contributed by atoms with Crippen molar-refractivity contribution in [1.82, 2.24) is 19.5 Å². The minimum absolute atomic E-state index is 0. The van der Waals surface area contributed by atoms with Crippen molar-refractivity contribution in [3.63, 3.8) is 0 Å². The van der Waals surface area contributed by atoms with E-state index in [9.17, 15) is 18.1 Å². The van der Waals surface area contributed by atoms with E-state index in [4.69, 9.17) is 21.4 Å². The zero-order chi connectivity index (χ0) is 27.7. The molecule has 1 unspecified atom stereocenters. The summed E-state index contributed by atoms with van der Waals surface area (Å²) in [5.41, 5.74) is 2.22. The quantitative estimate of drug-likeness (QED) is 0.151. The summed E-state index contributed by atoms with van der Waals surface area (Å²) in [6, 6.07) is 13.0. The Bertz CT molecular complexity index is 1880. The number of rotatable bonds is 9. The number of nitrogens with one attached hydrogen (secondary N) is 1. The molecule has 0 fully saturated rings. The van der Waals surface area contributed by atoms with Crippen molar-refractivity contribution < 1.29 is 56.8 Å². The van der Waals surface area contributed by atoms with Gasteiger partial charge in [-0.25, -0.2) is 18.4 Å². The number of ether oxygens (including phenoxy) is 1. The molecule has 0 saturated heterocycles. The van der Waals surface area contributed by atoms with Gasteiger partial charge in [0.25, 0.3) is 0 Å². The molecule has 0 saturated carbocycles. The van der Waals surface area contributed by atoms with E-state index < -0.39 is 15.4 Å². The van der Waals surface area contributed by atoms with Crippen molar-refractivity contribution >= 4 is 56.4 Å². The van der Waals surface area contributed by atoms with Crippen LogP contribution in [-0.4, -0.2) is 49.5 Å². The number of fused-ring (bicyclic) bond motifs is 3. The zero-order valence-corrected chi connectivity index (χ0v) is 25.8. The van der Waals surface area contributed by atoms with Gasteiger partial charge in [-0.15, -0.1) is 0 Å². The summed E-state index contributed by atoms with van der Waals surface area (Å²) < 4.78 is 47.7. The van der Waals surface area contributed by atoms with Crippen molar-refractivity contribution in [2.75, 3.05) is 6.61 Å². The first-order chi connectivity index (χ1) is 18.7. The van der Waals surface area contributed by atoms with Gasteiger partial charge in [0, 0.05) is 29.0 Å². The molecule has 0 radical (unpaired) electrons. The van der Waals surface area contributed by atoms with Gasteiger partial charge >= 0.3 is 29.6 Å². The minimum atomic E-state index is -4.39. The topological polar surface area (TPSA) is 146 Å². The predicted octanol–water partition coefficient (Wildman–Crippen LogP) is 2.37. The van der Waals surface area contributed by atoms with Crippen LogP contribution in [0, 0.1) is 4.77 Å². The molecule has 40 heavy (non-hydrogen) atoms. The van der Waals surface area contributed by atoms with Gasteiger partial charge in [-0.3, -0.25) is 4.57 Å². The number of benzene rings is 2. The molecule has 0 spiro atoms. The molecule has 0 bridgehead atoms. The third-order valence-electron chi connectivity index (χ3n) is 6.35. The molecule has 2 aromatic carbocycles. The maximum Gasteiger partial charge on any atom is 1.00 e. The van der Waals surface area contributed by atoms with Gasteiger partial charge in [0.05, 0.1) is 16.7 Å². The number of H-pyrrole nitrogens is 1. The molecule has 202 valence electrons. The second kappa shape index (κ2) is 12.2. The molecule has 13 heteroatoms. The maximum absolute atomic E-state index is 11.4. The van der Waals surface area contributed by atoms with Crippen molar-refractivity contribution in [3.05, 3.63) is 70.6 Å². The summed E-state index contributed by atoms with van der Waals surface area (Å²) in [6.07, 6.45) is 5.29. The normalized spacial score (nSPS) is 12.7. The minimum Gasteiger partial charge on any atom is -0.748 e. The smallest absolute Gasteiger partial charge is 0.748 e. The van der Waals surface area contributed by atoms with Crippen LogP contribution < -0.4 is 34.3 Å². The van der Waals surface area contributed by atoms with E-state index in [-0.39, 0.29) is 52.5 Å². The van der Waals surface area contributed by atoms with E-state index in [1.807, 2.05) is 37.3 Å². The Balaban J connectivity index is 0.00000370. The predicted molar refractivity (Wildman–Crippen MR) is 150 cm³/mol. The van der Waals surface area contributed by atoms with Gasteiger partial charge < -0.3 is 23.8 Å². The summed E-state index contributed by atoms with van der Waals surface area (Å²) in [7, 11) is -4.39. The summed E-state index contributed by atoms with van der Waals surface area (Å²) in [4.78, 5) is 11.8. The Morgan fingerprint density at radius 2 is 2.02 bits per heavy atom. The number of hydrogen-bond acceptors (Lipinski definition) is 9. The molecule has 5 rings (SSSR count). The van der Waals surface area contributed by atoms with E-state index in [0.717, 1.165) is 16.3 Å². The van der Waals surface area contributed by atoms with Crippen LogP contribution in [0.15, 0.2) is 53.1 Å². The Kier molecular flexibility index (Phi) is 9.18. The number of aromatic nitrogens is 4. The van der Waals surface area contributed by atoms with Gasteiger partial charge in [-0.2, -0.15) is 0 Å². The molecule has 10 nitrogen and oxygen atoms in total. The Morgan fingerprint density at radius 3 is 2.77 bits per heavy atom. The second-order valence-electron chi connectivity index (χ2n) is 8.94. The molecule has 5 aromatic rings. The number of aromatic amines is 1. The number of aromatic hydroxyl groups is 1.